The van der Waals surface area contributed by atoms with Crippen molar-refractivity contribution < 1.29 is 66.1 Å². The lowest BCUT2D eigenvalue weighted by atomic mass is 10.1. The molecule has 0 atom stereocenters. The maximum atomic E-state index is 12.6. The summed E-state index contributed by atoms with van der Waals surface area (Å²) in [6.07, 6.45) is 0. The number of sulfone groups is 1. The molecule has 30 heteroatoms. The van der Waals surface area contributed by atoms with Crippen LogP contribution in [0.4, 0.5) is 46.0 Å². The van der Waals surface area contributed by atoms with Gasteiger partial charge in [0.05, 0.1) is 52.0 Å². The molecular formula is C35H30ClN9O15S5. The van der Waals surface area contributed by atoms with Gasteiger partial charge in [-0.25, -0.2) is 17.9 Å². The zero-order chi connectivity index (χ0) is 47.2. The van der Waals surface area contributed by atoms with Gasteiger partial charge in [0.1, 0.15) is 9.79 Å². The van der Waals surface area contributed by atoms with Crippen LogP contribution in [0.2, 0.25) is 5.28 Å². The van der Waals surface area contributed by atoms with Gasteiger partial charge in [0, 0.05) is 33.6 Å². The van der Waals surface area contributed by atoms with Gasteiger partial charge in [-0.3, -0.25) is 13.7 Å². The van der Waals surface area contributed by atoms with Crippen LogP contribution in [-0.2, 0) is 54.0 Å². The normalized spacial score (nSPS) is 12.6. The number of benzene rings is 5. The minimum Gasteiger partial charge on any atom is -0.324 e. The van der Waals surface area contributed by atoms with Crippen molar-refractivity contribution in [1.82, 2.24) is 15.0 Å². The third kappa shape index (κ3) is 13.2. The van der Waals surface area contributed by atoms with Crippen LogP contribution in [0.15, 0.2) is 137 Å². The van der Waals surface area contributed by atoms with E-state index in [1.165, 1.54) is 36.4 Å². The molecule has 342 valence electrons. The second-order valence-electron chi connectivity index (χ2n) is 12.8. The summed E-state index contributed by atoms with van der Waals surface area (Å²) in [5.74, 6) is -0.476. The number of nitrogens with zero attached hydrogens (tertiary/aromatic N) is 8. The maximum absolute atomic E-state index is 12.6. The summed E-state index contributed by atoms with van der Waals surface area (Å²) in [7, 11) is -18.7. The molecule has 0 aliphatic heterocycles. The Balaban J connectivity index is 1.12. The first-order chi connectivity index (χ1) is 30.6. The number of rotatable bonds is 19. The average Bonchev–Trinajstić information content (AvgIpc) is 3.23. The first-order valence-electron chi connectivity index (χ1n) is 17.8. The monoisotopic (exact) mass is 1010 g/mol. The molecule has 0 bridgehead atoms. The highest BCUT2D eigenvalue weighted by Gasteiger charge is 2.24. The van der Waals surface area contributed by atoms with Gasteiger partial charge < -0.3 is 10.2 Å². The summed E-state index contributed by atoms with van der Waals surface area (Å²) in [6.45, 7) is 1.36. The smallest absolute Gasteiger partial charge is 0.324 e. The summed E-state index contributed by atoms with van der Waals surface area (Å²) in [5.41, 5.74) is 1.95. The molecule has 5 aromatic carbocycles. The van der Waals surface area contributed by atoms with Crippen LogP contribution in [0.25, 0.3) is 10.8 Å². The summed E-state index contributed by atoms with van der Waals surface area (Å²) >= 11 is 6.52. The number of halogens is 1. The SMILES string of the molecule is CCN(c1ccc(S(=O)(=O)CCOS(=O)(=O)O)cc1)c1nc(Cl)nc(Nc2ccc(N=Nc3ccc(N=Nc4cc(S(=O)(=O)O)c5cc(SOOO)cc(S(=O)(=O)O)c5c4)cc3)cc2)n1. The van der Waals surface area contributed by atoms with Gasteiger partial charge in [0.2, 0.25) is 17.2 Å². The highest BCUT2D eigenvalue weighted by Crippen LogP contribution is 2.38. The fraction of sp³-hybridized carbons (Fsp3) is 0.114. The van der Waals surface area contributed by atoms with E-state index in [2.05, 4.69) is 54.3 Å². The molecule has 5 N–H and O–H groups in total. The van der Waals surface area contributed by atoms with E-state index in [1.54, 1.807) is 48.2 Å². The maximum Gasteiger partial charge on any atom is 0.397 e. The zero-order valence-corrected chi connectivity index (χ0v) is 37.5. The summed E-state index contributed by atoms with van der Waals surface area (Å²) in [5, 5.41) is 30.6. The molecule has 65 heavy (non-hydrogen) atoms. The van der Waals surface area contributed by atoms with Gasteiger partial charge in [0.15, 0.2) is 9.84 Å². The topological polar surface area (TPSA) is 349 Å². The van der Waals surface area contributed by atoms with Crippen molar-refractivity contribution in [3.8, 4) is 0 Å². The van der Waals surface area contributed by atoms with Crippen molar-refractivity contribution >= 4 is 121 Å². The quantitative estimate of drug-likeness (QED) is 0.0169. The fourth-order valence-corrected chi connectivity index (χ4v) is 9.26. The van der Waals surface area contributed by atoms with Gasteiger partial charge >= 0.3 is 10.4 Å². The molecular weight excluding hydrogens is 982 g/mol. The Morgan fingerprint density at radius 1 is 0.692 bits per heavy atom. The van der Waals surface area contributed by atoms with E-state index in [0.29, 0.717) is 29.3 Å². The van der Waals surface area contributed by atoms with Crippen molar-refractivity contribution in [2.75, 3.05) is 29.1 Å². The van der Waals surface area contributed by atoms with E-state index in [0.717, 1.165) is 24.3 Å². The zero-order valence-electron chi connectivity index (χ0n) is 32.6. The number of hydrogen-bond acceptors (Lipinski definition) is 22. The molecule has 0 radical (unpaired) electrons. The number of azo groups is 2. The van der Waals surface area contributed by atoms with Crippen molar-refractivity contribution in [2.45, 2.75) is 26.5 Å². The van der Waals surface area contributed by atoms with Gasteiger partial charge in [-0.05, 0) is 116 Å². The summed E-state index contributed by atoms with van der Waals surface area (Å²) in [6, 6.07) is 22.5. The Labute approximate surface area is 378 Å². The average molecular weight is 1010 g/mol. The molecule has 6 aromatic rings. The predicted molar refractivity (Wildman–Crippen MR) is 232 cm³/mol. The Morgan fingerprint density at radius 2 is 1.23 bits per heavy atom. The number of anilines is 4. The second kappa shape index (κ2) is 20.2. The molecule has 0 saturated carbocycles. The van der Waals surface area contributed by atoms with Crippen LogP contribution in [0.1, 0.15) is 6.92 Å². The molecule has 1 heterocycles. The molecule has 24 nitrogen and oxygen atoms in total. The number of hydrogen-bond donors (Lipinski definition) is 5. The lowest BCUT2D eigenvalue weighted by molar-refractivity contribution is -0.432. The standard InChI is InChI=1S/C35H30ClN9O15S5/c1-2-45(26-11-13-28(14-12-26)62(47,48)16-15-58-65(55,56)57)35-39-33(36)38-34(40-35)37-21-3-5-22(6-4-21)41-42-23-7-9-24(10-8-23)43-44-25-17-29-30(31(18-25)63(49,50)51)19-27(61-60-59-46)20-32(29)64(52,53)54/h3-14,17-20,46H,2,15-16H2,1H3,(H,49,50,51)(H,52,53,54)(H,55,56,57)(H,37,38,39,40). The Bertz CT molecular complexity index is 3240. The van der Waals surface area contributed by atoms with Crippen LogP contribution in [0.5, 0.6) is 0 Å². The van der Waals surface area contributed by atoms with Crippen molar-refractivity contribution in [2.24, 2.45) is 20.5 Å². The van der Waals surface area contributed by atoms with Crippen LogP contribution in [0.3, 0.4) is 0 Å². The van der Waals surface area contributed by atoms with Crippen molar-refractivity contribution in [3.63, 3.8) is 0 Å². The highest BCUT2D eigenvalue weighted by atomic mass is 35.5. The molecule has 6 rings (SSSR count). The molecule has 0 unspecified atom stereocenters. The van der Waals surface area contributed by atoms with Gasteiger partial charge in [0.25, 0.3) is 20.2 Å². The predicted octanol–water partition coefficient (Wildman–Crippen LogP) is 7.93. The van der Waals surface area contributed by atoms with Gasteiger partial charge in [-0.2, -0.15) is 60.7 Å². The van der Waals surface area contributed by atoms with Crippen LogP contribution in [0, 0.1) is 0 Å². The number of aromatic nitrogens is 3. The third-order valence-corrected chi connectivity index (χ3v) is 13.1. The Hall–Kier alpha value is -5.67. The molecule has 1 aromatic heterocycles. The molecule has 0 fully saturated rings. The largest absolute Gasteiger partial charge is 0.397 e. The van der Waals surface area contributed by atoms with Crippen LogP contribution < -0.4 is 10.2 Å². The van der Waals surface area contributed by atoms with Crippen LogP contribution in [-0.4, -0.2) is 86.4 Å². The fourth-order valence-electron chi connectivity index (χ4n) is 5.66. The van der Waals surface area contributed by atoms with E-state index < -0.39 is 62.6 Å². The molecule has 0 aliphatic carbocycles. The molecule has 0 amide bonds. The number of nitrogens with one attached hydrogen (secondary N) is 1. The molecule has 0 saturated heterocycles. The first-order valence-corrected chi connectivity index (χ1v) is 24.8. The lowest BCUT2D eigenvalue weighted by Crippen LogP contribution is -2.20. The second-order valence-corrected chi connectivity index (χ2v) is 19.9. The minimum absolute atomic E-state index is 0.0833. The Morgan fingerprint density at radius 3 is 1.77 bits per heavy atom. The summed E-state index contributed by atoms with van der Waals surface area (Å²) < 4.78 is 133. The van der Waals surface area contributed by atoms with Crippen LogP contribution >= 0.6 is 23.6 Å². The van der Waals surface area contributed by atoms with Gasteiger partial charge in [-0.15, -0.1) is 4.33 Å². The lowest BCUT2D eigenvalue weighted by Gasteiger charge is -2.21. The first kappa shape index (κ1) is 48.8. The minimum atomic E-state index is -4.99. The van der Waals surface area contributed by atoms with Gasteiger partial charge in [-0.1, -0.05) is 5.04 Å². The molecule has 0 aliphatic rings. The van der Waals surface area contributed by atoms with Crippen molar-refractivity contribution in [3.05, 3.63) is 102 Å². The summed E-state index contributed by atoms with van der Waals surface area (Å²) in [4.78, 5) is 12.7. The highest BCUT2D eigenvalue weighted by molar-refractivity contribution is 7.94. The number of fused-ring (bicyclic) bond motifs is 1. The Kier molecular flexibility index (Phi) is 15.2. The van der Waals surface area contributed by atoms with E-state index in [1.807, 2.05) is 0 Å². The molecule has 0 spiro atoms. The van der Waals surface area contributed by atoms with E-state index >= 15 is 0 Å². The van der Waals surface area contributed by atoms with E-state index in [-0.39, 0.29) is 61.2 Å². The van der Waals surface area contributed by atoms with E-state index in [4.69, 9.17) is 21.4 Å². The van der Waals surface area contributed by atoms with E-state index in [9.17, 15) is 42.8 Å². The van der Waals surface area contributed by atoms with Crippen molar-refractivity contribution in [1.29, 1.82) is 0 Å². The third-order valence-electron chi connectivity index (χ3n) is 8.45.